The zero-order chi connectivity index (χ0) is 17.1. The second-order valence-corrected chi connectivity index (χ2v) is 6.96. The number of Topliss-reactive ketones (excluding diaryl/α,β-unsaturated/α-hetero) is 1. The van der Waals surface area contributed by atoms with Crippen molar-refractivity contribution in [1.82, 2.24) is 0 Å². The van der Waals surface area contributed by atoms with E-state index in [-0.39, 0.29) is 36.9 Å². The van der Waals surface area contributed by atoms with E-state index in [2.05, 4.69) is 25.7 Å². The Labute approximate surface area is 140 Å². The summed E-state index contributed by atoms with van der Waals surface area (Å²) in [6.07, 6.45) is 8.86. The van der Waals surface area contributed by atoms with E-state index >= 15 is 0 Å². The number of rotatable bonds is 10. The standard InChI is InChI=1S/C20H32F2O/c1-3-5-7-8-9-11-12-17-15-20(21,22)16-18(17)14-19(23)13-10-6-4-2/h17-18H,3-10,13-16H2,1-2H3/t17-,18-/m0/s1. The number of alkyl halides is 2. The normalized spacial score (nSPS) is 22.6. The Morgan fingerprint density at radius 2 is 1.74 bits per heavy atom. The zero-order valence-electron chi connectivity index (χ0n) is 14.8. The summed E-state index contributed by atoms with van der Waals surface area (Å²) in [5.41, 5.74) is 0. The number of ketones is 1. The van der Waals surface area contributed by atoms with Gasteiger partial charge in [0.25, 0.3) is 0 Å². The van der Waals surface area contributed by atoms with Crippen molar-refractivity contribution in [2.24, 2.45) is 11.8 Å². The molecular formula is C20H32F2O. The monoisotopic (exact) mass is 326 g/mol. The molecule has 0 spiro atoms. The predicted molar refractivity (Wildman–Crippen MR) is 91.5 cm³/mol. The lowest BCUT2D eigenvalue weighted by molar-refractivity contribution is -0.120. The summed E-state index contributed by atoms with van der Waals surface area (Å²) in [7, 11) is 0. The molecule has 0 bridgehead atoms. The van der Waals surface area contributed by atoms with Gasteiger partial charge in [-0.3, -0.25) is 4.79 Å². The van der Waals surface area contributed by atoms with Gasteiger partial charge in [-0.05, 0) is 18.8 Å². The van der Waals surface area contributed by atoms with Gasteiger partial charge in [0.1, 0.15) is 5.78 Å². The highest BCUT2D eigenvalue weighted by Crippen LogP contribution is 2.44. The molecule has 0 aromatic carbocycles. The molecule has 1 rings (SSSR count). The fourth-order valence-electron chi connectivity index (χ4n) is 3.29. The molecule has 1 saturated carbocycles. The van der Waals surface area contributed by atoms with Gasteiger partial charge >= 0.3 is 0 Å². The molecule has 1 nitrogen and oxygen atoms in total. The quantitative estimate of drug-likeness (QED) is 0.347. The first-order valence-electron chi connectivity index (χ1n) is 9.36. The summed E-state index contributed by atoms with van der Waals surface area (Å²) in [5, 5.41) is 0. The average Bonchev–Trinajstić information content (AvgIpc) is 2.77. The van der Waals surface area contributed by atoms with Gasteiger partial charge in [0, 0.05) is 38.0 Å². The molecule has 0 aliphatic heterocycles. The Balaban J connectivity index is 2.44. The minimum Gasteiger partial charge on any atom is -0.300 e. The highest BCUT2D eigenvalue weighted by Gasteiger charge is 2.46. The van der Waals surface area contributed by atoms with Crippen LogP contribution in [0.5, 0.6) is 0 Å². The van der Waals surface area contributed by atoms with Crippen molar-refractivity contribution in [3.05, 3.63) is 0 Å². The van der Waals surface area contributed by atoms with Gasteiger partial charge < -0.3 is 0 Å². The van der Waals surface area contributed by atoms with Crippen molar-refractivity contribution in [2.75, 3.05) is 0 Å². The molecule has 1 aliphatic carbocycles. The molecule has 2 atom stereocenters. The molecule has 0 saturated heterocycles. The van der Waals surface area contributed by atoms with Crippen molar-refractivity contribution in [1.29, 1.82) is 0 Å². The minimum absolute atomic E-state index is 0.135. The summed E-state index contributed by atoms with van der Waals surface area (Å²) in [6.45, 7) is 4.25. The fraction of sp³-hybridized carbons (Fsp3) is 0.850. The van der Waals surface area contributed by atoms with Crippen molar-refractivity contribution >= 4 is 5.78 Å². The van der Waals surface area contributed by atoms with Gasteiger partial charge in [0.15, 0.2) is 0 Å². The van der Waals surface area contributed by atoms with Crippen molar-refractivity contribution in [3.63, 3.8) is 0 Å². The molecule has 3 heteroatoms. The molecule has 132 valence electrons. The van der Waals surface area contributed by atoms with Crippen LogP contribution in [0.1, 0.15) is 90.9 Å². The lowest BCUT2D eigenvalue weighted by Gasteiger charge is -2.12. The van der Waals surface area contributed by atoms with Crippen LogP contribution in [-0.4, -0.2) is 11.7 Å². The van der Waals surface area contributed by atoms with E-state index in [9.17, 15) is 13.6 Å². The molecule has 0 aromatic heterocycles. The molecule has 0 N–H and O–H groups in total. The van der Waals surface area contributed by atoms with E-state index in [1.165, 1.54) is 12.8 Å². The van der Waals surface area contributed by atoms with E-state index in [1.54, 1.807) is 0 Å². The van der Waals surface area contributed by atoms with Crippen LogP contribution in [0.25, 0.3) is 0 Å². The highest BCUT2D eigenvalue weighted by atomic mass is 19.3. The summed E-state index contributed by atoms with van der Waals surface area (Å²) in [4.78, 5) is 12.0. The SMILES string of the molecule is CCCCCCC#C[C@H]1CC(F)(F)C[C@@H]1CC(=O)CCCCC. The first kappa shape index (κ1) is 20.1. The maximum Gasteiger partial charge on any atom is 0.249 e. The maximum absolute atomic E-state index is 13.7. The van der Waals surface area contributed by atoms with Crippen LogP contribution in [0.4, 0.5) is 8.78 Å². The molecule has 0 unspecified atom stereocenters. The van der Waals surface area contributed by atoms with Gasteiger partial charge in [0.05, 0.1) is 0 Å². The second kappa shape index (κ2) is 10.8. The number of hydrogen-bond acceptors (Lipinski definition) is 1. The third-order valence-electron chi connectivity index (χ3n) is 4.64. The molecule has 1 fully saturated rings. The molecule has 23 heavy (non-hydrogen) atoms. The highest BCUT2D eigenvalue weighted by molar-refractivity contribution is 5.78. The summed E-state index contributed by atoms with van der Waals surface area (Å²) in [5.74, 6) is 3.08. The van der Waals surface area contributed by atoms with Gasteiger partial charge in [-0.15, -0.1) is 5.92 Å². The number of unbranched alkanes of at least 4 members (excludes halogenated alkanes) is 6. The van der Waals surface area contributed by atoms with Crippen LogP contribution in [0.15, 0.2) is 0 Å². The summed E-state index contributed by atoms with van der Waals surface area (Å²) >= 11 is 0. The van der Waals surface area contributed by atoms with E-state index < -0.39 is 5.92 Å². The van der Waals surface area contributed by atoms with Crippen LogP contribution in [0, 0.1) is 23.7 Å². The topological polar surface area (TPSA) is 17.1 Å². The van der Waals surface area contributed by atoms with Crippen LogP contribution in [0.3, 0.4) is 0 Å². The minimum atomic E-state index is -2.64. The molecule has 0 aromatic rings. The largest absolute Gasteiger partial charge is 0.300 e. The van der Waals surface area contributed by atoms with E-state index in [0.29, 0.717) is 6.42 Å². The third-order valence-corrected chi connectivity index (χ3v) is 4.64. The molecule has 1 aliphatic rings. The molecule has 0 amide bonds. The van der Waals surface area contributed by atoms with E-state index in [4.69, 9.17) is 0 Å². The lowest BCUT2D eigenvalue weighted by atomic mass is 9.90. The van der Waals surface area contributed by atoms with E-state index in [1.807, 2.05) is 0 Å². The first-order chi connectivity index (χ1) is 11.0. The number of hydrogen-bond donors (Lipinski definition) is 0. The second-order valence-electron chi connectivity index (χ2n) is 6.96. The third kappa shape index (κ3) is 8.49. The van der Waals surface area contributed by atoms with Crippen LogP contribution in [-0.2, 0) is 4.79 Å². The Morgan fingerprint density at radius 3 is 2.43 bits per heavy atom. The van der Waals surface area contributed by atoms with Crippen molar-refractivity contribution < 1.29 is 13.6 Å². The maximum atomic E-state index is 13.7. The predicted octanol–water partition coefficient (Wildman–Crippen LogP) is 6.16. The van der Waals surface area contributed by atoms with Crippen LogP contribution < -0.4 is 0 Å². The lowest BCUT2D eigenvalue weighted by Crippen LogP contribution is -2.13. The first-order valence-corrected chi connectivity index (χ1v) is 9.36. The molecule has 0 radical (unpaired) electrons. The molecule has 0 heterocycles. The van der Waals surface area contributed by atoms with Gasteiger partial charge in [-0.1, -0.05) is 51.9 Å². The Hall–Kier alpha value is -0.910. The summed E-state index contributed by atoms with van der Waals surface area (Å²) < 4.78 is 27.4. The fourth-order valence-corrected chi connectivity index (χ4v) is 3.29. The van der Waals surface area contributed by atoms with Crippen LogP contribution >= 0.6 is 0 Å². The van der Waals surface area contributed by atoms with Gasteiger partial charge in [-0.25, -0.2) is 8.78 Å². The number of carbonyl (C=O) groups is 1. The van der Waals surface area contributed by atoms with Crippen molar-refractivity contribution in [2.45, 2.75) is 96.8 Å². The summed E-state index contributed by atoms with van der Waals surface area (Å²) in [6, 6.07) is 0. The number of carbonyl (C=O) groups excluding carboxylic acids is 1. The van der Waals surface area contributed by atoms with Gasteiger partial charge in [-0.2, -0.15) is 0 Å². The Kier molecular flexibility index (Phi) is 9.44. The average molecular weight is 326 g/mol. The van der Waals surface area contributed by atoms with Crippen molar-refractivity contribution in [3.8, 4) is 11.8 Å². The zero-order valence-corrected chi connectivity index (χ0v) is 14.8. The number of halogens is 2. The van der Waals surface area contributed by atoms with Crippen LogP contribution in [0.2, 0.25) is 0 Å². The Bertz CT molecular complexity index is 406. The molecular weight excluding hydrogens is 294 g/mol. The Morgan fingerprint density at radius 1 is 1.04 bits per heavy atom. The smallest absolute Gasteiger partial charge is 0.249 e. The van der Waals surface area contributed by atoms with Gasteiger partial charge in [0.2, 0.25) is 5.92 Å². The van der Waals surface area contributed by atoms with E-state index in [0.717, 1.165) is 38.5 Å².